The minimum Gasteiger partial charge on any atom is -0.464 e. The molecule has 3 aromatic rings. The van der Waals surface area contributed by atoms with Crippen LogP contribution in [0.1, 0.15) is 57.9 Å². The lowest BCUT2D eigenvalue weighted by Crippen LogP contribution is -2.25. The minimum absolute atomic E-state index is 0.0605. The van der Waals surface area contributed by atoms with Crippen LogP contribution >= 0.6 is 11.3 Å². The van der Waals surface area contributed by atoms with Crippen molar-refractivity contribution in [1.82, 2.24) is 14.6 Å². The van der Waals surface area contributed by atoms with Crippen LogP contribution in [0.5, 0.6) is 0 Å². The summed E-state index contributed by atoms with van der Waals surface area (Å²) in [7, 11) is 0. The molecule has 134 valence electrons. The first-order chi connectivity index (χ1) is 11.8. The summed E-state index contributed by atoms with van der Waals surface area (Å²) in [5.74, 6) is 1.83. The molecule has 1 N–H and O–H groups in total. The number of hydrogen-bond donors (Lipinski definition) is 1. The van der Waals surface area contributed by atoms with Crippen molar-refractivity contribution in [3.63, 3.8) is 0 Å². The van der Waals surface area contributed by atoms with Gasteiger partial charge in [0.15, 0.2) is 0 Å². The molecule has 3 aromatic heterocycles. The van der Waals surface area contributed by atoms with Crippen molar-refractivity contribution in [3.05, 3.63) is 45.8 Å². The third-order valence-electron chi connectivity index (χ3n) is 4.11. The Morgan fingerprint density at radius 1 is 1.28 bits per heavy atom. The van der Waals surface area contributed by atoms with E-state index in [0.717, 1.165) is 30.1 Å². The SMILES string of the molecule is CCc1cc(=O)n2nc(NC(c3ccc(CC)o3)C(C)(C)C)sc2n1. The Balaban J connectivity index is 1.98. The number of furan rings is 1. The zero-order valence-electron chi connectivity index (χ0n) is 15.3. The zero-order valence-corrected chi connectivity index (χ0v) is 16.1. The highest BCUT2D eigenvalue weighted by Crippen LogP contribution is 2.37. The zero-order chi connectivity index (χ0) is 18.2. The van der Waals surface area contributed by atoms with Gasteiger partial charge in [0.1, 0.15) is 11.5 Å². The molecule has 0 aliphatic carbocycles. The molecule has 1 unspecified atom stereocenters. The maximum atomic E-state index is 12.2. The van der Waals surface area contributed by atoms with E-state index in [2.05, 4.69) is 43.1 Å². The van der Waals surface area contributed by atoms with Crippen LogP contribution in [0, 0.1) is 5.41 Å². The number of nitrogens with zero attached hydrogens (tertiary/aromatic N) is 3. The summed E-state index contributed by atoms with van der Waals surface area (Å²) < 4.78 is 7.31. The van der Waals surface area contributed by atoms with Crippen LogP contribution in [-0.2, 0) is 12.8 Å². The van der Waals surface area contributed by atoms with Crippen molar-refractivity contribution in [2.45, 2.75) is 53.5 Å². The van der Waals surface area contributed by atoms with Gasteiger partial charge >= 0.3 is 0 Å². The van der Waals surface area contributed by atoms with Crippen molar-refractivity contribution < 1.29 is 4.42 Å². The molecule has 0 aliphatic rings. The summed E-state index contributed by atoms with van der Waals surface area (Å²) in [4.78, 5) is 17.3. The Labute approximate surface area is 150 Å². The first kappa shape index (κ1) is 17.7. The highest BCUT2D eigenvalue weighted by atomic mass is 32.1. The molecule has 1 atom stereocenters. The molecule has 0 aliphatic heterocycles. The Kier molecular flexibility index (Phi) is 4.69. The Hall–Kier alpha value is -2.15. The van der Waals surface area contributed by atoms with E-state index in [1.54, 1.807) is 0 Å². The van der Waals surface area contributed by atoms with Crippen molar-refractivity contribution >= 4 is 21.4 Å². The quantitative estimate of drug-likeness (QED) is 0.742. The van der Waals surface area contributed by atoms with Crippen molar-refractivity contribution in [3.8, 4) is 0 Å². The number of anilines is 1. The van der Waals surface area contributed by atoms with Gasteiger partial charge in [0.25, 0.3) is 5.56 Å². The van der Waals surface area contributed by atoms with Crippen LogP contribution in [0.25, 0.3) is 4.96 Å². The van der Waals surface area contributed by atoms with Gasteiger partial charge in [-0.1, -0.05) is 46.0 Å². The molecule has 25 heavy (non-hydrogen) atoms. The first-order valence-electron chi connectivity index (χ1n) is 8.56. The largest absolute Gasteiger partial charge is 0.464 e. The Morgan fingerprint density at radius 3 is 2.64 bits per heavy atom. The second-order valence-electron chi connectivity index (χ2n) is 7.14. The van der Waals surface area contributed by atoms with Crippen LogP contribution < -0.4 is 10.9 Å². The number of rotatable bonds is 5. The first-order valence-corrected chi connectivity index (χ1v) is 9.38. The van der Waals surface area contributed by atoms with Gasteiger partial charge in [-0.25, -0.2) is 4.98 Å². The maximum Gasteiger partial charge on any atom is 0.275 e. The molecule has 0 saturated heterocycles. The van der Waals surface area contributed by atoms with E-state index < -0.39 is 0 Å². The Morgan fingerprint density at radius 2 is 2.04 bits per heavy atom. The smallest absolute Gasteiger partial charge is 0.275 e. The lowest BCUT2D eigenvalue weighted by atomic mass is 9.85. The average molecular weight is 360 g/mol. The fraction of sp³-hybridized carbons (Fsp3) is 0.500. The third-order valence-corrected chi connectivity index (χ3v) is 4.95. The number of fused-ring (bicyclic) bond motifs is 1. The average Bonchev–Trinajstić information content (AvgIpc) is 3.17. The highest BCUT2D eigenvalue weighted by molar-refractivity contribution is 7.20. The van der Waals surface area contributed by atoms with E-state index in [9.17, 15) is 4.79 Å². The van der Waals surface area contributed by atoms with Crippen molar-refractivity contribution in [2.24, 2.45) is 5.41 Å². The molecule has 0 fully saturated rings. The fourth-order valence-electron chi connectivity index (χ4n) is 2.67. The van der Waals surface area contributed by atoms with Gasteiger partial charge in [-0.05, 0) is 24.0 Å². The number of aryl methyl sites for hydroxylation is 2. The van der Waals surface area contributed by atoms with E-state index in [4.69, 9.17) is 4.42 Å². The van der Waals surface area contributed by atoms with E-state index in [1.807, 2.05) is 19.1 Å². The van der Waals surface area contributed by atoms with Gasteiger partial charge in [-0.3, -0.25) is 4.79 Å². The van der Waals surface area contributed by atoms with Gasteiger partial charge < -0.3 is 9.73 Å². The molecule has 6 nitrogen and oxygen atoms in total. The topological polar surface area (TPSA) is 72.4 Å². The van der Waals surface area contributed by atoms with Crippen LogP contribution in [0.3, 0.4) is 0 Å². The van der Waals surface area contributed by atoms with Crippen LogP contribution in [0.15, 0.2) is 27.4 Å². The molecule has 7 heteroatoms. The predicted octanol–water partition coefficient (Wildman–Crippen LogP) is 4.07. The summed E-state index contributed by atoms with van der Waals surface area (Å²) in [5, 5.41) is 8.50. The molecule has 0 saturated carbocycles. The van der Waals surface area contributed by atoms with E-state index in [1.165, 1.54) is 21.9 Å². The molecule has 0 amide bonds. The van der Waals surface area contributed by atoms with Gasteiger partial charge in [-0.15, -0.1) is 5.10 Å². The summed E-state index contributed by atoms with van der Waals surface area (Å²) in [6.07, 6.45) is 1.58. The molecule has 0 spiro atoms. The highest BCUT2D eigenvalue weighted by Gasteiger charge is 2.30. The molecular weight excluding hydrogens is 336 g/mol. The van der Waals surface area contributed by atoms with E-state index >= 15 is 0 Å². The monoisotopic (exact) mass is 360 g/mol. The van der Waals surface area contributed by atoms with Gasteiger partial charge in [0, 0.05) is 18.2 Å². The molecule has 0 radical (unpaired) electrons. The van der Waals surface area contributed by atoms with Crippen LogP contribution in [0.2, 0.25) is 0 Å². The summed E-state index contributed by atoms with van der Waals surface area (Å²) in [5.41, 5.74) is 0.546. The predicted molar refractivity (Wildman–Crippen MR) is 100 cm³/mol. The van der Waals surface area contributed by atoms with Gasteiger partial charge in [0.2, 0.25) is 10.1 Å². The number of hydrogen-bond acceptors (Lipinski definition) is 6. The molecule has 0 aromatic carbocycles. The van der Waals surface area contributed by atoms with E-state index in [-0.39, 0.29) is 17.0 Å². The summed E-state index contributed by atoms with van der Waals surface area (Å²) in [6.45, 7) is 10.5. The molecule has 0 bridgehead atoms. The lowest BCUT2D eigenvalue weighted by molar-refractivity contribution is 0.298. The van der Waals surface area contributed by atoms with Crippen molar-refractivity contribution in [1.29, 1.82) is 0 Å². The van der Waals surface area contributed by atoms with Crippen molar-refractivity contribution in [2.75, 3.05) is 5.32 Å². The standard InChI is InChI=1S/C18H24N4O2S/c1-6-11-10-14(23)22-17(19-11)25-16(21-22)20-15(18(3,4)5)13-9-8-12(7-2)24-13/h8-10,15H,6-7H2,1-5H3,(H,20,21). The number of nitrogens with one attached hydrogen (secondary N) is 1. The van der Waals surface area contributed by atoms with Gasteiger partial charge in [0.05, 0.1) is 6.04 Å². The second kappa shape index (κ2) is 6.63. The maximum absolute atomic E-state index is 12.2. The van der Waals surface area contributed by atoms with E-state index in [0.29, 0.717) is 10.1 Å². The molecule has 3 rings (SSSR count). The molecular formula is C18H24N4O2S. The minimum atomic E-state index is -0.148. The third kappa shape index (κ3) is 3.61. The van der Waals surface area contributed by atoms with Gasteiger partial charge in [-0.2, -0.15) is 4.52 Å². The Bertz CT molecular complexity index is 933. The van der Waals surface area contributed by atoms with Crippen LogP contribution in [0.4, 0.5) is 5.13 Å². The second-order valence-corrected chi connectivity index (χ2v) is 8.10. The number of aromatic nitrogens is 3. The normalized spacial score (nSPS) is 13.3. The summed E-state index contributed by atoms with van der Waals surface area (Å²) >= 11 is 1.38. The fourth-order valence-corrected chi connectivity index (χ4v) is 3.53. The van der Waals surface area contributed by atoms with Crippen LogP contribution in [-0.4, -0.2) is 14.6 Å². The molecule has 3 heterocycles. The summed E-state index contributed by atoms with van der Waals surface area (Å²) in [6, 6.07) is 5.50. The lowest BCUT2D eigenvalue weighted by Gasteiger charge is -2.29.